The van der Waals surface area contributed by atoms with Gasteiger partial charge in [-0.15, -0.1) is 0 Å². The van der Waals surface area contributed by atoms with Gasteiger partial charge in [0.05, 0.1) is 17.9 Å². The second kappa shape index (κ2) is 9.45. The van der Waals surface area contributed by atoms with E-state index in [1.165, 1.54) is 11.3 Å². The highest BCUT2D eigenvalue weighted by Crippen LogP contribution is 2.36. The number of hydrogen-bond acceptors (Lipinski definition) is 6. The summed E-state index contributed by atoms with van der Waals surface area (Å²) in [6.45, 7) is 7.27. The average molecular weight is 428 g/mol. The fraction of sp³-hybridized carbons (Fsp3) is 0.391. The van der Waals surface area contributed by atoms with Gasteiger partial charge in [-0.3, -0.25) is 9.69 Å². The van der Waals surface area contributed by atoms with E-state index in [1.807, 2.05) is 71.3 Å². The molecule has 7 heteroatoms. The minimum absolute atomic E-state index is 0.0800. The molecule has 0 N–H and O–H groups in total. The van der Waals surface area contributed by atoms with E-state index < -0.39 is 0 Å². The molecule has 0 unspecified atom stereocenters. The van der Waals surface area contributed by atoms with Crippen molar-refractivity contribution in [1.29, 1.82) is 0 Å². The van der Waals surface area contributed by atoms with Gasteiger partial charge in [0.15, 0.2) is 5.13 Å². The largest absolute Gasteiger partial charge is 0.494 e. The summed E-state index contributed by atoms with van der Waals surface area (Å²) < 4.78 is 12.2. The first-order valence-electron chi connectivity index (χ1n) is 9.97. The van der Waals surface area contributed by atoms with Crippen LogP contribution in [-0.2, 0) is 0 Å². The maximum Gasteiger partial charge on any atom is 0.260 e. The molecule has 2 aromatic carbocycles. The maximum atomic E-state index is 13.4. The number of ether oxygens (including phenoxy) is 2. The number of benzene rings is 2. The van der Waals surface area contributed by atoms with E-state index in [0.717, 1.165) is 28.1 Å². The summed E-state index contributed by atoms with van der Waals surface area (Å²) in [5.74, 6) is 1.39. The number of aryl methyl sites for hydroxylation is 1. The van der Waals surface area contributed by atoms with Gasteiger partial charge in [-0.2, -0.15) is 0 Å². The Morgan fingerprint density at radius 3 is 2.40 bits per heavy atom. The zero-order valence-corrected chi connectivity index (χ0v) is 19.2. The Labute approximate surface area is 182 Å². The molecule has 0 aliphatic carbocycles. The number of aromatic nitrogens is 1. The molecule has 160 valence electrons. The van der Waals surface area contributed by atoms with Crippen molar-refractivity contribution in [3.63, 3.8) is 0 Å². The fourth-order valence-electron chi connectivity index (χ4n) is 3.07. The van der Waals surface area contributed by atoms with Crippen LogP contribution in [-0.4, -0.2) is 56.2 Å². The summed E-state index contributed by atoms with van der Waals surface area (Å²) in [4.78, 5) is 22.0. The zero-order chi connectivity index (χ0) is 21.8. The summed E-state index contributed by atoms with van der Waals surface area (Å²) in [6.07, 6.45) is 0.0871. The third kappa shape index (κ3) is 4.91. The van der Waals surface area contributed by atoms with Crippen LogP contribution in [0.5, 0.6) is 11.5 Å². The van der Waals surface area contributed by atoms with Crippen LogP contribution < -0.4 is 14.4 Å². The number of fused-ring (bicyclic) bond motifs is 1. The number of carbonyl (C=O) groups is 1. The molecule has 0 radical (unpaired) electrons. The number of nitrogens with zero attached hydrogens (tertiary/aromatic N) is 3. The van der Waals surface area contributed by atoms with Gasteiger partial charge >= 0.3 is 0 Å². The van der Waals surface area contributed by atoms with Crippen LogP contribution in [0.3, 0.4) is 0 Å². The Kier molecular flexibility index (Phi) is 6.95. The van der Waals surface area contributed by atoms with Crippen molar-refractivity contribution in [2.24, 2.45) is 0 Å². The lowest BCUT2D eigenvalue weighted by Gasteiger charge is -2.22. The van der Waals surface area contributed by atoms with E-state index in [4.69, 9.17) is 14.5 Å². The minimum atomic E-state index is -0.0800. The van der Waals surface area contributed by atoms with Crippen molar-refractivity contribution in [3.05, 3.63) is 47.5 Å². The Morgan fingerprint density at radius 2 is 1.80 bits per heavy atom. The lowest BCUT2D eigenvalue weighted by atomic mass is 10.2. The molecular formula is C23H29N3O3S. The van der Waals surface area contributed by atoms with Crippen molar-refractivity contribution >= 4 is 32.6 Å². The number of hydrogen-bond donors (Lipinski definition) is 0. The molecule has 0 bridgehead atoms. The molecule has 0 fully saturated rings. The van der Waals surface area contributed by atoms with E-state index in [1.54, 1.807) is 12.0 Å². The van der Waals surface area contributed by atoms with Gasteiger partial charge < -0.3 is 14.4 Å². The lowest BCUT2D eigenvalue weighted by Crippen LogP contribution is -2.36. The predicted octanol–water partition coefficient (Wildman–Crippen LogP) is 4.61. The van der Waals surface area contributed by atoms with E-state index in [2.05, 4.69) is 4.90 Å². The van der Waals surface area contributed by atoms with Gasteiger partial charge in [0, 0.05) is 18.7 Å². The second-order valence-electron chi connectivity index (χ2n) is 7.71. The normalized spacial score (nSPS) is 11.3. The number of methoxy groups -OCH3 is 1. The monoisotopic (exact) mass is 427 g/mol. The Bertz CT molecular complexity index is 1010. The standard InChI is InChI=1S/C23H29N3O3S/c1-15(2)29-18-10-8-17(9-11-18)22(27)26(14-13-25(4)5)23-24-20-19(28-6)12-7-16(3)21(20)30-23/h7-12,15H,13-14H2,1-6H3. The van der Waals surface area contributed by atoms with Crippen molar-refractivity contribution in [3.8, 4) is 11.5 Å². The molecule has 0 atom stereocenters. The second-order valence-corrected chi connectivity index (χ2v) is 8.69. The number of rotatable bonds is 8. The molecule has 0 aliphatic rings. The van der Waals surface area contributed by atoms with Crippen LogP contribution in [0.15, 0.2) is 36.4 Å². The van der Waals surface area contributed by atoms with E-state index in [-0.39, 0.29) is 12.0 Å². The predicted molar refractivity (Wildman–Crippen MR) is 123 cm³/mol. The van der Waals surface area contributed by atoms with Gasteiger partial charge in [0.1, 0.15) is 17.0 Å². The van der Waals surface area contributed by atoms with E-state index >= 15 is 0 Å². The highest BCUT2D eigenvalue weighted by molar-refractivity contribution is 7.22. The molecule has 0 spiro atoms. The van der Waals surface area contributed by atoms with Gasteiger partial charge in [-0.25, -0.2) is 4.98 Å². The Hall–Kier alpha value is -2.64. The summed E-state index contributed by atoms with van der Waals surface area (Å²) in [5.41, 5.74) is 2.51. The highest BCUT2D eigenvalue weighted by atomic mass is 32.1. The SMILES string of the molecule is COc1ccc(C)c2sc(N(CCN(C)C)C(=O)c3ccc(OC(C)C)cc3)nc12. The van der Waals surface area contributed by atoms with Crippen LogP contribution in [0, 0.1) is 6.92 Å². The van der Waals surface area contributed by atoms with Crippen LogP contribution in [0.2, 0.25) is 0 Å². The van der Waals surface area contributed by atoms with Gasteiger partial charge in [0.2, 0.25) is 0 Å². The number of amides is 1. The maximum absolute atomic E-state index is 13.4. The van der Waals surface area contributed by atoms with Crippen LogP contribution in [0.1, 0.15) is 29.8 Å². The molecule has 6 nitrogen and oxygen atoms in total. The zero-order valence-electron chi connectivity index (χ0n) is 18.4. The third-order valence-corrected chi connectivity index (χ3v) is 5.85. The van der Waals surface area contributed by atoms with Crippen molar-refractivity contribution in [1.82, 2.24) is 9.88 Å². The molecule has 30 heavy (non-hydrogen) atoms. The van der Waals surface area contributed by atoms with Crippen LogP contribution in [0.4, 0.5) is 5.13 Å². The lowest BCUT2D eigenvalue weighted by molar-refractivity contribution is 0.0985. The molecule has 0 aliphatic heterocycles. The quantitative estimate of drug-likeness (QED) is 0.525. The average Bonchev–Trinajstić information content (AvgIpc) is 3.14. The van der Waals surface area contributed by atoms with Crippen molar-refractivity contribution in [2.45, 2.75) is 26.9 Å². The molecule has 1 heterocycles. The van der Waals surface area contributed by atoms with E-state index in [9.17, 15) is 4.79 Å². The summed E-state index contributed by atoms with van der Waals surface area (Å²) in [7, 11) is 5.62. The molecule has 1 amide bonds. The highest BCUT2D eigenvalue weighted by Gasteiger charge is 2.23. The first-order valence-corrected chi connectivity index (χ1v) is 10.8. The molecule has 3 aromatic rings. The smallest absolute Gasteiger partial charge is 0.260 e. The molecule has 3 rings (SSSR count). The van der Waals surface area contributed by atoms with Crippen molar-refractivity contribution in [2.75, 3.05) is 39.2 Å². The number of thiazole rings is 1. The van der Waals surface area contributed by atoms with E-state index in [0.29, 0.717) is 23.0 Å². The van der Waals surface area contributed by atoms with Gasteiger partial charge in [-0.1, -0.05) is 17.4 Å². The summed E-state index contributed by atoms with van der Waals surface area (Å²) in [6, 6.07) is 11.2. The van der Waals surface area contributed by atoms with Gasteiger partial charge in [0.25, 0.3) is 5.91 Å². The Morgan fingerprint density at radius 1 is 1.10 bits per heavy atom. The summed E-state index contributed by atoms with van der Waals surface area (Å²) >= 11 is 1.52. The number of anilines is 1. The summed E-state index contributed by atoms with van der Waals surface area (Å²) in [5, 5.41) is 0.673. The first kappa shape index (κ1) is 22.1. The molecular weight excluding hydrogens is 398 g/mol. The van der Waals surface area contributed by atoms with Crippen LogP contribution >= 0.6 is 11.3 Å². The van der Waals surface area contributed by atoms with Crippen molar-refractivity contribution < 1.29 is 14.3 Å². The molecule has 0 saturated carbocycles. The van der Waals surface area contributed by atoms with Gasteiger partial charge in [-0.05, 0) is 70.8 Å². The third-order valence-electron chi connectivity index (χ3n) is 4.63. The van der Waals surface area contributed by atoms with Crippen LogP contribution in [0.25, 0.3) is 10.2 Å². The minimum Gasteiger partial charge on any atom is -0.494 e. The topological polar surface area (TPSA) is 54.9 Å². The number of likely N-dealkylation sites (N-methyl/N-ethyl adjacent to an activating group) is 1. The molecule has 1 aromatic heterocycles. The fourth-order valence-corrected chi connectivity index (χ4v) is 4.14. The molecule has 0 saturated heterocycles. The Balaban J connectivity index is 1.97. The number of carbonyl (C=O) groups excluding carboxylic acids is 1. The first-order chi connectivity index (χ1) is 14.3.